The molecule has 1 atom stereocenters. The Morgan fingerprint density at radius 3 is 2.67 bits per heavy atom. The van der Waals surface area contributed by atoms with Crippen LogP contribution in [-0.4, -0.2) is 35.8 Å². The smallest absolute Gasteiger partial charge is 0.131 e. The second kappa shape index (κ2) is 5.91. The Kier molecular flexibility index (Phi) is 4.15. The fourth-order valence-electron chi connectivity index (χ4n) is 3.72. The Balaban J connectivity index is 1.87. The monoisotopic (exact) mass is 294 g/mol. The molecule has 1 fully saturated rings. The van der Waals surface area contributed by atoms with Crippen LogP contribution in [0.4, 0.5) is 4.39 Å². The largest absolute Gasteiger partial charge is 0.497 e. The molecule has 3 rings (SSSR count). The van der Waals surface area contributed by atoms with Crippen molar-refractivity contribution in [2.75, 3.05) is 13.7 Å². The molecule has 21 heavy (non-hydrogen) atoms. The van der Waals surface area contributed by atoms with Crippen molar-refractivity contribution in [3.8, 4) is 5.75 Å². The van der Waals surface area contributed by atoms with E-state index >= 15 is 0 Å². The lowest BCUT2D eigenvalue weighted by Gasteiger charge is -2.36. The second-order valence-electron chi connectivity index (χ2n) is 6.06. The number of benzene rings is 1. The minimum atomic E-state index is -0.207. The SMILES string of the molecule is COc1cc(F)c2c(c1)C(CN)N(C1CCC(O)CC1)C2. The number of hydrogen-bond donors (Lipinski definition) is 2. The molecule has 1 aromatic carbocycles. The minimum Gasteiger partial charge on any atom is -0.497 e. The normalized spacial score (nSPS) is 29.4. The number of methoxy groups -OCH3 is 1. The zero-order chi connectivity index (χ0) is 15.0. The van der Waals surface area contributed by atoms with E-state index in [2.05, 4.69) is 4.90 Å². The first-order valence-corrected chi connectivity index (χ1v) is 7.64. The summed E-state index contributed by atoms with van der Waals surface area (Å²) in [5, 5.41) is 9.66. The quantitative estimate of drug-likeness (QED) is 0.894. The van der Waals surface area contributed by atoms with Crippen LogP contribution in [0.3, 0.4) is 0 Å². The molecule has 0 radical (unpaired) electrons. The first kappa shape index (κ1) is 14.8. The summed E-state index contributed by atoms with van der Waals surface area (Å²) >= 11 is 0. The van der Waals surface area contributed by atoms with Gasteiger partial charge in [-0.05, 0) is 37.3 Å². The Bertz CT molecular complexity index is 515. The van der Waals surface area contributed by atoms with Gasteiger partial charge >= 0.3 is 0 Å². The van der Waals surface area contributed by atoms with Crippen LogP contribution in [0, 0.1) is 5.82 Å². The molecule has 2 aliphatic rings. The van der Waals surface area contributed by atoms with E-state index in [1.807, 2.05) is 6.07 Å². The first-order chi connectivity index (χ1) is 10.1. The molecule has 1 heterocycles. The van der Waals surface area contributed by atoms with E-state index in [1.54, 1.807) is 7.11 Å². The number of halogens is 1. The van der Waals surface area contributed by atoms with E-state index in [-0.39, 0.29) is 18.0 Å². The van der Waals surface area contributed by atoms with Crippen LogP contribution < -0.4 is 10.5 Å². The third kappa shape index (κ3) is 2.65. The van der Waals surface area contributed by atoms with E-state index in [9.17, 15) is 9.50 Å². The molecule has 116 valence electrons. The average Bonchev–Trinajstić information content (AvgIpc) is 2.87. The summed E-state index contributed by atoms with van der Waals surface area (Å²) in [7, 11) is 1.55. The lowest BCUT2D eigenvalue weighted by molar-refractivity contribution is 0.0569. The number of nitrogens with zero attached hydrogens (tertiary/aromatic N) is 1. The van der Waals surface area contributed by atoms with E-state index in [1.165, 1.54) is 6.07 Å². The molecule has 0 bridgehead atoms. The van der Waals surface area contributed by atoms with Crippen LogP contribution in [-0.2, 0) is 6.54 Å². The van der Waals surface area contributed by atoms with Crippen LogP contribution in [0.1, 0.15) is 42.9 Å². The highest BCUT2D eigenvalue weighted by Gasteiger charge is 2.37. The van der Waals surface area contributed by atoms with E-state index in [0.29, 0.717) is 24.9 Å². The van der Waals surface area contributed by atoms with Crippen molar-refractivity contribution in [2.24, 2.45) is 5.73 Å². The lowest BCUT2D eigenvalue weighted by atomic mass is 9.91. The molecule has 3 N–H and O–H groups in total. The van der Waals surface area contributed by atoms with Crippen LogP contribution in [0.2, 0.25) is 0 Å². The van der Waals surface area contributed by atoms with Gasteiger partial charge in [0.2, 0.25) is 0 Å². The number of aliphatic hydroxyl groups excluding tert-OH is 1. The molecule has 0 aromatic heterocycles. The Morgan fingerprint density at radius 1 is 1.33 bits per heavy atom. The molecular weight excluding hydrogens is 271 g/mol. The van der Waals surface area contributed by atoms with Gasteiger partial charge in [0.1, 0.15) is 11.6 Å². The van der Waals surface area contributed by atoms with Gasteiger partial charge in [-0.3, -0.25) is 4.90 Å². The molecular formula is C16H23FN2O2. The highest BCUT2D eigenvalue weighted by molar-refractivity contribution is 5.42. The fraction of sp³-hybridized carbons (Fsp3) is 0.625. The zero-order valence-electron chi connectivity index (χ0n) is 12.4. The summed E-state index contributed by atoms with van der Waals surface area (Å²) in [5.41, 5.74) is 7.67. The molecule has 1 aliphatic heterocycles. The van der Waals surface area contributed by atoms with Gasteiger partial charge in [-0.2, -0.15) is 0 Å². The van der Waals surface area contributed by atoms with Crippen molar-refractivity contribution in [2.45, 2.75) is 50.4 Å². The van der Waals surface area contributed by atoms with Crippen molar-refractivity contribution in [1.82, 2.24) is 4.90 Å². The minimum absolute atomic E-state index is 0.0462. The van der Waals surface area contributed by atoms with Gasteiger partial charge in [0, 0.05) is 36.8 Å². The van der Waals surface area contributed by atoms with Crippen LogP contribution in [0.25, 0.3) is 0 Å². The average molecular weight is 294 g/mol. The number of ether oxygens (including phenoxy) is 1. The number of nitrogens with two attached hydrogens (primary N) is 1. The predicted octanol–water partition coefficient (Wildman–Crippen LogP) is 1.95. The van der Waals surface area contributed by atoms with Gasteiger partial charge in [-0.1, -0.05) is 0 Å². The van der Waals surface area contributed by atoms with Gasteiger partial charge in [0.05, 0.1) is 13.2 Å². The van der Waals surface area contributed by atoms with Gasteiger partial charge in [-0.25, -0.2) is 4.39 Å². The number of rotatable bonds is 3. The van der Waals surface area contributed by atoms with Crippen LogP contribution in [0.15, 0.2) is 12.1 Å². The summed E-state index contributed by atoms with van der Waals surface area (Å²) < 4.78 is 19.4. The van der Waals surface area contributed by atoms with Gasteiger partial charge < -0.3 is 15.6 Å². The summed E-state index contributed by atoms with van der Waals surface area (Å²) in [4.78, 5) is 2.30. The summed E-state index contributed by atoms with van der Waals surface area (Å²) in [6.07, 6.45) is 3.36. The second-order valence-corrected chi connectivity index (χ2v) is 6.06. The van der Waals surface area contributed by atoms with Crippen molar-refractivity contribution in [3.05, 3.63) is 29.1 Å². The van der Waals surface area contributed by atoms with Crippen LogP contribution in [0.5, 0.6) is 5.75 Å². The standard InChI is InChI=1S/C16H23FN2O2/c1-21-12-6-13-14(15(17)7-12)9-19(16(13)8-18)10-2-4-11(20)5-3-10/h6-7,10-11,16,20H,2-5,8-9,18H2,1H3. The van der Waals surface area contributed by atoms with Crippen molar-refractivity contribution >= 4 is 0 Å². The molecule has 4 nitrogen and oxygen atoms in total. The molecule has 1 saturated carbocycles. The highest BCUT2D eigenvalue weighted by atomic mass is 19.1. The van der Waals surface area contributed by atoms with Crippen molar-refractivity contribution in [1.29, 1.82) is 0 Å². The molecule has 1 unspecified atom stereocenters. The van der Waals surface area contributed by atoms with E-state index in [0.717, 1.165) is 36.8 Å². The summed E-state index contributed by atoms with van der Waals surface area (Å²) in [6.45, 7) is 1.08. The van der Waals surface area contributed by atoms with E-state index in [4.69, 9.17) is 10.5 Å². The topological polar surface area (TPSA) is 58.7 Å². The fourth-order valence-corrected chi connectivity index (χ4v) is 3.72. The van der Waals surface area contributed by atoms with Gasteiger partial charge in [-0.15, -0.1) is 0 Å². The zero-order valence-corrected chi connectivity index (χ0v) is 12.4. The van der Waals surface area contributed by atoms with Gasteiger partial charge in [0.25, 0.3) is 0 Å². The third-order valence-corrected chi connectivity index (χ3v) is 4.90. The first-order valence-electron chi connectivity index (χ1n) is 7.64. The number of fused-ring (bicyclic) bond motifs is 1. The molecule has 5 heteroatoms. The Morgan fingerprint density at radius 2 is 2.05 bits per heavy atom. The molecule has 0 saturated heterocycles. The lowest BCUT2D eigenvalue weighted by Crippen LogP contribution is -2.40. The van der Waals surface area contributed by atoms with Gasteiger partial charge in [0.15, 0.2) is 0 Å². The molecule has 0 amide bonds. The molecule has 1 aromatic rings. The maximum absolute atomic E-state index is 14.3. The van der Waals surface area contributed by atoms with Crippen LogP contribution >= 0.6 is 0 Å². The summed E-state index contributed by atoms with van der Waals surface area (Å²) in [6, 6.07) is 3.78. The Labute approximate surface area is 124 Å². The predicted molar refractivity (Wildman–Crippen MR) is 78.6 cm³/mol. The third-order valence-electron chi connectivity index (χ3n) is 4.90. The van der Waals surface area contributed by atoms with E-state index < -0.39 is 0 Å². The van der Waals surface area contributed by atoms with Crippen molar-refractivity contribution in [3.63, 3.8) is 0 Å². The highest BCUT2D eigenvalue weighted by Crippen LogP contribution is 2.41. The maximum Gasteiger partial charge on any atom is 0.131 e. The Hall–Kier alpha value is -1.17. The number of hydrogen-bond acceptors (Lipinski definition) is 4. The molecule has 0 spiro atoms. The van der Waals surface area contributed by atoms with Crippen molar-refractivity contribution < 1.29 is 14.2 Å². The maximum atomic E-state index is 14.3. The molecule has 1 aliphatic carbocycles. The number of aliphatic hydroxyl groups is 1. The summed E-state index contributed by atoms with van der Waals surface area (Å²) in [5.74, 6) is 0.340.